The molecule has 5 atom stereocenters. The normalized spacial score (nSPS) is 20.3. The molecule has 49 heavy (non-hydrogen) atoms. The van der Waals surface area contributed by atoms with Gasteiger partial charge in [-0.05, 0) is 42.5 Å². The SMILES string of the molecule is CC(=O)OC[C@H]1OC(Oc2n[nH]c(C(C)C)c2Cc2ccccc2OCc2cc(C)ccc2C)[C@H](OC(C)=O)[C@@H](OC(C)=O)[C@@H]1OC(C)=O. The smallest absolute Gasteiger partial charge is 0.303 e. The Morgan fingerprint density at radius 2 is 1.49 bits per heavy atom. The molecule has 1 aliphatic heterocycles. The average Bonchev–Trinajstić information content (AvgIpc) is 3.41. The fraction of sp³-hybridized carbons (Fsp3) is 0.472. The first-order valence-corrected chi connectivity index (χ1v) is 16.0. The van der Waals surface area contributed by atoms with Gasteiger partial charge < -0.3 is 33.2 Å². The third-order valence-electron chi connectivity index (χ3n) is 7.84. The topological polar surface area (TPSA) is 162 Å². The van der Waals surface area contributed by atoms with Crippen LogP contribution in [0, 0.1) is 13.8 Å². The maximum atomic E-state index is 12.3. The van der Waals surface area contributed by atoms with E-state index in [0.717, 1.165) is 41.8 Å². The number of esters is 4. The highest BCUT2D eigenvalue weighted by Crippen LogP contribution is 2.35. The Kier molecular flexibility index (Phi) is 12.4. The van der Waals surface area contributed by atoms with Gasteiger partial charge in [-0.1, -0.05) is 55.8 Å². The van der Waals surface area contributed by atoms with E-state index in [4.69, 9.17) is 33.2 Å². The zero-order chi connectivity index (χ0) is 35.8. The van der Waals surface area contributed by atoms with Crippen molar-refractivity contribution in [3.63, 3.8) is 0 Å². The lowest BCUT2D eigenvalue weighted by atomic mass is 9.97. The number of aryl methyl sites for hydroxylation is 2. The van der Waals surface area contributed by atoms with Gasteiger partial charge in [0.1, 0.15) is 25.1 Å². The number of nitrogens with one attached hydrogen (secondary N) is 1. The van der Waals surface area contributed by atoms with Crippen LogP contribution in [0.25, 0.3) is 0 Å². The van der Waals surface area contributed by atoms with Crippen LogP contribution in [-0.2, 0) is 55.9 Å². The lowest BCUT2D eigenvalue weighted by molar-refractivity contribution is -0.289. The quantitative estimate of drug-likeness (QED) is 0.195. The fourth-order valence-electron chi connectivity index (χ4n) is 5.59. The molecule has 2 aromatic carbocycles. The Labute approximate surface area is 285 Å². The van der Waals surface area contributed by atoms with Gasteiger partial charge in [0.05, 0.1) is 0 Å². The molecular weight excluding hydrogens is 636 g/mol. The number of nitrogens with zero attached hydrogens (tertiary/aromatic N) is 1. The van der Waals surface area contributed by atoms with E-state index in [1.165, 1.54) is 13.8 Å². The van der Waals surface area contributed by atoms with Gasteiger partial charge in [-0.2, -0.15) is 0 Å². The zero-order valence-corrected chi connectivity index (χ0v) is 29.1. The summed E-state index contributed by atoms with van der Waals surface area (Å²) in [5, 5.41) is 7.51. The molecule has 1 fully saturated rings. The van der Waals surface area contributed by atoms with Gasteiger partial charge in [-0.15, -0.1) is 5.10 Å². The predicted octanol–water partition coefficient (Wildman–Crippen LogP) is 4.78. The molecule has 0 aliphatic carbocycles. The Morgan fingerprint density at radius 3 is 2.14 bits per heavy atom. The first-order chi connectivity index (χ1) is 23.2. The van der Waals surface area contributed by atoms with Crippen molar-refractivity contribution in [2.24, 2.45) is 0 Å². The van der Waals surface area contributed by atoms with Crippen molar-refractivity contribution < 1.29 is 52.3 Å². The van der Waals surface area contributed by atoms with Crippen LogP contribution in [0.2, 0.25) is 0 Å². The zero-order valence-electron chi connectivity index (χ0n) is 29.1. The molecule has 2 heterocycles. The molecule has 13 nitrogen and oxygen atoms in total. The van der Waals surface area contributed by atoms with E-state index >= 15 is 0 Å². The highest BCUT2D eigenvalue weighted by molar-refractivity contribution is 5.68. The average molecular weight is 681 g/mol. The van der Waals surface area contributed by atoms with Gasteiger partial charge in [-0.3, -0.25) is 24.3 Å². The molecule has 0 saturated carbocycles. The van der Waals surface area contributed by atoms with E-state index in [-0.39, 0.29) is 18.4 Å². The molecule has 1 saturated heterocycles. The van der Waals surface area contributed by atoms with Gasteiger partial charge in [0.25, 0.3) is 0 Å². The first kappa shape index (κ1) is 36.9. The Bertz CT molecular complexity index is 1650. The second-order valence-corrected chi connectivity index (χ2v) is 12.3. The molecule has 0 spiro atoms. The fourth-order valence-corrected chi connectivity index (χ4v) is 5.59. The van der Waals surface area contributed by atoms with Crippen molar-refractivity contribution in [2.45, 2.75) is 105 Å². The maximum absolute atomic E-state index is 12.3. The van der Waals surface area contributed by atoms with Crippen molar-refractivity contribution in [3.8, 4) is 11.6 Å². The van der Waals surface area contributed by atoms with Crippen molar-refractivity contribution >= 4 is 23.9 Å². The molecule has 1 aliphatic rings. The van der Waals surface area contributed by atoms with Crippen LogP contribution in [0.3, 0.4) is 0 Å². The number of benzene rings is 2. The number of aromatic nitrogens is 2. The third-order valence-corrected chi connectivity index (χ3v) is 7.84. The number of hydrogen-bond acceptors (Lipinski definition) is 12. The number of carbonyl (C=O) groups is 4. The van der Waals surface area contributed by atoms with Crippen LogP contribution in [0.1, 0.15) is 81.0 Å². The standard InChI is InChI=1S/C36H44N2O11/c1-19(2)31-28(16-26-11-9-10-12-29(26)44-17-27-15-20(3)13-14-21(27)4)35(38-37-31)49-36-34(47-25(8)42)33(46-24(7)41)32(45-23(6)40)30(48-36)18-43-22(5)39/h9-15,19,30,32-34,36H,16-18H2,1-8H3,(H,37,38)/t30-,32-,33+,34-,36?/m1/s1. The summed E-state index contributed by atoms with van der Waals surface area (Å²) in [6, 6.07) is 13.9. The van der Waals surface area contributed by atoms with Gasteiger partial charge in [0.15, 0.2) is 12.2 Å². The van der Waals surface area contributed by atoms with Crippen molar-refractivity contribution in [1.82, 2.24) is 10.2 Å². The molecule has 1 aromatic heterocycles. The molecular formula is C36H44N2O11. The molecule has 1 unspecified atom stereocenters. The largest absolute Gasteiger partial charge is 0.489 e. The molecule has 0 radical (unpaired) electrons. The van der Waals surface area contributed by atoms with Gasteiger partial charge in [0.2, 0.25) is 18.3 Å². The second kappa shape index (κ2) is 16.5. The predicted molar refractivity (Wildman–Crippen MR) is 175 cm³/mol. The third kappa shape index (κ3) is 9.82. The Balaban J connectivity index is 1.70. The van der Waals surface area contributed by atoms with E-state index in [2.05, 4.69) is 28.4 Å². The molecule has 264 valence electrons. The summed E-state index contributed by atoms with van der Waals surface area (Å²) in [6.07, 6.45) is -6.35. The van der Waals surface area contributed by atoms with Crippen LogP contribution in [0.15, 0.2) is 42.5 Å². The van der Waals surface area contributed by atoms with Crippen LogP contribution in [-0.4, -0.2) is 71.4 Å². The van der Waals surface area contributed by atoms with Gasteiger partial charge in [-0.25, -0.2) is 0 Å². The van der Waals surface area contributed by atoms with E-state index in [1.807, 2.05) is 52.0 Å². The van der Waals surface area contributed by atoms with Gasteiger partial charge >= 0.3 is 23.9 Å². The minimum absolute atomic E-state index is 0.00160. The van der Waals surface area contributed by atoms with Crippen LogP contribution in [0.5, 0.6) is 11.6 Å². The van der Waals surface area contributed by atoms with E-state index < -0.39 is 54.6 Å². The van der Waals surface area contributed by atoms with Crippen molar-refractivity contribution in [3.05, 3.63) is 76.0 Å². The number of ether oxygens (including phenoxy) is 7. The van der Waals surface area contributed by atoms with Crippen molar-refractivity contribution in [1.29, 1.82) is 0 Å². The number of aromatic amines is 1. The number of rotatable bonds is 13. The monoisotopic (exact) mass is 680 g/mol. The van der Waals surface area contributed by atoms with Crippen LogP contribution < -0.4 is 9.47 Å². The lowest BCUT2D eigenvalue weighted by Crippen LogP contribution is -2.63. The lowest BCUT2D eigenvalue weighted by Gasteiger charge is -2.43. The Hall–Kier alpha value is -4.91. The van der Waals surface area contributed by atoms with E-state index in [0.29, 0.717) is 24.3 Å². The number of para-hydroxylation sites is 1. The number of carbonyl (C=O) groups excluding carboxylic acids is 4. The highest BCUT2D eigenvalue weighted by atomic mass is 16.7. The van der Waals surface area contributed by atoms with Crippen LogP contribution >= 0.6 is 0 Å². The molecule has 1 N–H and O–H groups in total. The molecule has 0 amide bonds. The number of H-pyrrole nitrogens is 1. The minimum Gasteiger partial charge on any atom is -0.489 e. The molecule has 0 bridgehead atoms. The highest BCUT2D eigenvalue weighted by Gasteiger charge is 2.53. The van der Waals surface area contributed by atoms with Crippen molar-refractivity contribution in [2.75, 3.05) is 6.61 Å². The summed E-state index contributed by atoms with van der Waals surface area (Å²) in [5.74, 6) is -2.02. The summed E-state index contributed by atoms with van der Waals surface area (Å²) < 4.78 is 40.6. The van der Waals surface area contributed by atoms with E-state index in [9.17, 15) is 19.2 Å². The minimum atomic E-state index is -1.43. The Morgan fingerprint density at radius 1 is 0.837 bits per heavy atom. The second-order valence-electron chi connectivity index (χ2n) is 12.3. The summed E-state index contributed by atoms with van der Waals surface area (Å²) in [7, 11) is 0. The molecule has 13 heteroatoms. The van der Waals surface area contributed by atoms with E-state index in [1.54, 1.807) is 0 Å². The van der Waals surface area contributed by atoms with Crippen LogP contribution in [0.4, 0.5) is 0 Å². The summed E-state index contributed by atoms with van der Waals surface area (Å²) in [4.78, 5) is 48.4. The van der Waals surface area contributed by atoms with Gasteiger partial charge in [0, 0.05) is 45.4 Å². The number of hydrogen-bond donors (Lipinski definition) is 1. The maximum Gasteiger partial charge on any atom is 0.303 e. The summed E-state index contributed by atoms with van der Waals surface area (Å²) >= 11 is 0. The summed E-state index contributed by atoms with van der Waals surface area (Å²) in [5.41, 5.74) is 5.67. The first-order valence-electron chi connectivity index (χ1n) is 16.0. The molecule has 3 aromatic rings. The molecule has 4 rings (SSSR count). The summed E-state index contributed by atoms with van der Waals surface area (Å²) in [6.45, 7) is 12.8.